The number of benzene rings is 2. The summed E-state index contributed by atoms with van der Waals surface area (Å²) in [6.45, 7) is 4.86. The van der Waals surface area contributed by atoms with Crippen LogP contribution >= 0.6 is 11.6 Å². The van der Waals surface area contributed by atoms with Gasteiger partial charge in [0.2, 0.25) is 11.6 Å². The van der Waals surface area contributed by atoms with E-state index in [0.29, 0.717) is 37.4 Å². The third kappa shape index (κ3) is 3.01. The Morgan fingerprint density at radius 1 is 1.23 bits per heavy atom. The predicted molar refractivity (Wildman–Crippen MR) is 115 cm³/mol. The van der Waals surface area contributed by atoms with Crippen molar-refractivity contribution in [3.05, 3.63) is 58.1 Å². The van der Waals surface area contributed by atoms with Crippen LogP contribution in [0.25, 0.3) is 0 Å². The Bertz CT molecular complexity index is 1060. The third-order valence-electron chi connectivity index (χ3n) is 6.41. The number of nitrogens with zero attached hydrogens (tertiary/aromatic N) is 3. The number of hydrazone groups is 1. The van der Waals surface area contributed by atoms with Crippen LogP contribution in [0.5, 0.6) is 11.5 Å². The van der Waals surface area contributed by atoms with Gasteiger partial charge in [0.1, 0.15) is 11.5 Å². The average molecular weight is 426 g/mol. The number of phenols is 1. The normalized spacial score (nSPS) is 21.7. The molecule has 30 heavy (non-hydrogen) atoms. The zero-order valence-electron chi connectivity index (χ0n) is 17.1. The highest BCUT2D eigenvalue weighted by atomic mass is 35.5. The molecule has 0 aliphatic carbocycles. The van der Waals surface area contributed by atoms with Gasteiger partial charge >= 0.3 is 0 Å². The molecule has 3 aliphatic rings. The quantitative estimate of drug-likeness (QED) is 0.742. The minimum atomic E-state index is -0.612. The number of phenolic OH excluding ortho intramolecular Hbond substituents is 1. The summed E-state index contributed by atoms with van der Waals surface area (Å²) in [5, 5.41) is 18.2. The number of fused-ring (bicyclic) bond motifs is 4. The summed E-state index contributed by atoms with van der Waals surface area (Å²) >= 11 is 6.30. The first-order valence-corrected chi connectivity index (χ1v) is 10.6. The van der Waals surface area contributed by atoms with Crippen LogP contribution in [0.4, 0.5) is 0 Å². The summed E-state index contributed by atoms with van der Waals surface area (Å²) in [6, 6.07) is 11.3. The highest BCUT2D eigenvalue weighted by Crippen LogP contribution is 2.50. The highest BCUT2D eigenvalue weighted by molar-refractivity contribution is 6.30. The monoisotopic (exact) mass is 425 g/mol. The van der Waals surface area contributed by atoms with Crippen LogP contribution in [0.3, 0.4) is 0 Å². The van der Waals surface area contributed by atoms with E-state index in [1.165, 1.54) is 0 Å². The number of likely N-dealkylation sites (tertiary alicyclic amines) is 1. The molecule has 5 rings (SSSR count). The molecule has 2 aromatic rings. The summed E-state index contributed by atoms with van der Waals surface area (Å²) in [6.07, 6.45) is 2.00. The number of hydrogen-bond acceptors (Lipinski definition) is 5. The molecule has 2 aromatic carbocycles. The van der Waals surface area contributed by atoms with E-state index in [1.807, 2.05) is 42.2 Å². The molecule has 0 saturated carbocycles. The number of amides is 1. The molecular weight excluding hydrogens is 402 g/mol. The molecule has 1 amide bonds. The number of aromatic hydroxyl groups is 1. The summed E-state index contributed by atoms with van der Waals surface area (Å²) < 4.78 is 6.56. The maximum absolute atomic E-state index is 11.8. The average Bonchev–Trinajstić information content (AvgIpc) is 3.17. The van der Waals surface area contributed by atoms with Gasteiger partial charge in [-0.25, -0.2) is 5.01 Å². The second-order valence-corrected chi connectivity index (χ2v) is 8.80. The van der Waals surface area contributed by atoms with Gasteiger partial charge in [0.25, 0.3) is 0 Å². The van der Waals surface area contributed by atoms with Gasteiger partial charge in [0.05, 0.1) is 11.8 Å². The Morgan fingerprint density at radius 2 is 2.00 bits per heavy atom. The summed E-state index contributed by atoms with van der Waals surface area (Å²) in [5.41, 5.74) is 3.06. The highest BCUT2D eigenvalue weighted by Gasteiger charge is 2.52. The number of aryl methyl sites for hydroxylation is 1. The van der Waals surface area contributed by atoms with Crippen LogP contribution in [0.1, 0.15) is 48.9 Å². The lowest BCUT2D eigenvalue weighted by Crippen LogP contribution is -2.59. The summed E-state index contributed by atoms with van der Waals surface area (Å²) in [5.74, 6) is 1.13. The molecule has 1 saturated heterocycles. The number of piperidine rings is 1. The van der Waals surface area contributed by atoms with E-state index >= 15 is 0 Å². The predicted octanol–water partition coefficient (Wildman–Crippen LogP) is 4.24. The van der Waals surface area contributed by atoms with E-state index in [-0.39, 0.29) is 17.7 Å². The minimum absolute atomic E-state index is 0.0220. The molecule has 6 nitrogen and oxygen atoms in total. The van der Waals surface area contributed by atoms with Gasteiger partial charge in [-0.15, -0.1) is 0 Å². The zero-order chi connectivity index (χ0) is 21.0. The van der Waals surface area contributed by atoms with E-state index < -0.39 is 5.72 Å². The van der Waals surface area contributed by atoms with Crippen molar-refractivity contribution in [3.8, 4) is 11.5 Å². The van der Waals surface area contributed by atoms with Crippen LogP contribution in [0.2, 0.25) is 5.02 Å². The largest absolute Gasteiger partial charge is 0.507 e. The van der Waals surface area contributed by atoms with Crippen molar-refractivity contribution in [2.24, 2.45) is 5.10 Å². The fourth-order valence-electron chi connectivity index (χ4n) is 4.80. The molecule has 156 valence electrons. The molecule has 3 heterocycles. The molecule has 1 N–H and O–H groups in total. The first-order chi connectivity index (χ1) is 14.4. The molecular formula is C23H24ClN3O3. The van der Waals surface area contributed by atoms with Crippen molar-refractivity contribution in [3.63, 3.8) is 0 Å². The molecule has 0 radical (unpaired) electrons. The van der Waals surface area contributed by atoms with Crippen LogP contribution in [-0.4, -0.2) is 45.4 Å². The van der Waals surface area contributed by atoms with E-state index in [2.05, 4.69) is 5.01 Å². The van der Waals surface area contributed by atoms with Crippen molar-refractivity contribution in [2.45, 2.75) is 44.9 Å². The van der Waals surface area contributed by atoms with E-state index in [0.717, 1.165) is 28.2 Å². The lowest BCUT2D eigenvalue weighted by molar-refractivity contribution is -0.158. The second kappa shape index (κ2) is 6.91. The van der Waals surface area contributed by atoms with Gasteiger partial charge in [-0.1, -0.05) is 23.2 Å². The SMILES string of the molecule is CC(=O)N1CCC2(CC1)Oc1ccc(Cl)cc1[C@H]1CC(c3cc(C)ccc3O)=NN12. The van der Waals surface area contributed by atoms with Crippen LogP contribution in [-0.2, 0) is 4.79 Å². The van der Waals surface area contributed by atoms with Gasteiger partial charge in [-0.05, 0) is 37.3 Å². The lowest BCUT2D eigenvalue weighted by Gasteiger charge is -2.51. The zero-order valence-corrected chi connectivity index (χ0v) is 17.8. The van der Waals surface area contributed by atoms with Crippen LogP contribution in [0, 0.1) is 6.92 Å². The maximum atomic E-state index is 11.8. The summed E-state index contributed by atoms with van der Waals surface area (Å²) in [7, 11) is 0. The van der Waals surface area contributed by atoms with Crippen molar-refractivity contribution in [2.75, 3.05) is 13.1 Å². The van der Waals surface area contributed by atoms with Crippen molar-refractivity contribution < 1.29 is 14.6 Å². The standard InChI is InChI=1S/C23H24ClN3O3/c1-14-3-5-21(29)17(11-14)19-13-20-18-12-16(24)4-6-22(18)30-23(27(20)25-19)7-9-26(10-8-23)15(2)28/h3-6,11-12,20,29H,7-10,13H2,1-2H3/t20-/m1/s1. The number of carbonyl (C=O) groups is 1. The van der Waals surface area contributed by atoms with E-state index in [4.69, 9.17) is 21.4 Å². The van der Waals surface area contributed by atoms with Gasteiger partial charge in [-0.2, -0.15) is 5.10 Å². The van der Waals surface area contributed by atoms with E-state index in [1.54, 1.807) is 13.0 Å². The van der Waals surface area contributed by atoms with Gasteiger partial charge < -0.3 is 14.7 Å². The molecule has 0 bridgehead atoms. The molecule has 7 heteroatoms. The smallest absolute Gasteiger partial charge is 0.219 e. The molecule has 1 atom stereocenters. The van der Waals surface area contributed by atoms with Crippen LogP contribution in [0.15, 0.2) is 41.5 Å². The van der Waals surface area contributed by atoms with Crippen LogP contribution < -0.4 is 4.74 Å². The Kier molecular flexibility index (Phi) is 4.43. The van der Waals surface area contributed by atoms with Crippen molar-refractivity contribution >= 4 is 23.2 Å². The second-order valence-electron chi connectivity index (χ2n) is 8.37. The number of ether oxygens (including phenoxy) is 1. The molecule has 1 fully saturated rings. The van der Waals surface area contributed by atoms with Crippen molar-refractivity contribution in [1.29, 1.82) is 0 Å². The first kappa shape index (κ1) is 19.2. The third-order valence-corrected chi connectivity index (χ3v) is 6.65. The maximum Gasteiger partial charge on any atom is 0.219 e. The molecule has 3 aliphatic heterocycles. The minimum Gasteiger partial charge on any atom is -0.507 e. The van der Waals surface area contributed by atoms with Gasteiger partial charge in [-0.3, -0.25) is 4.79 Å². The summed E-state index contributed by atoms with van der Waals surface area (Å²) in [4.78, 5) is 13.7. The number of carbonyl (C=O) groups excluding carboxylic acids is 1. The lowest BCUT2D eigenvalue weighted by atomic mass is 9.90. The Hall–Kier alpha value is -2.73. The molecule has 1 spiro atoms. The first-order valence-electron chi connectivity index (χ1n) is 10.3. The van der Waals surface area contributed by atoms with Gasteiger partial charge in [0.15, 0.2) is 0 Å². The Labute approximate surface area is 180 Å². The number of halogens is 1. The number of hydrogen-bond donors (Lipinski definition) is 1. The fourth-order valence-corrected chi connectivity index (χ4v) is 4.98. The fraction of sp³-hybridized carbons (Fsp3) is 0.391. The van der Waals surface area contributed by atoms with E-state index in [9.17, 15) is 9.90 Å². The molecule has 0 unspecified atom stereocenters. The van der Waals surface area contributed by atoms with Crippen molar-refractivity contribution in [1.82, 2.24) is 9.91 Å². The molecule has 0 aromatic heterocycles. The Balaban J connectivity index is 1.58. The van der Waals surface area contributed by atoms with Gasteiger partial charge in [0, 0.05) is 55.4 Å². The number of rotatable bonds is 1. The topological polar surface area (TPSA) is 65.4 Å². The Morgan fingerprint density at radius 3 is 2.73 bits per heavy atom.